The summed E-state index contributed by atoms with van der Waals surface area (Å²) < 4.78 is 10.6. The van der Waals surface area contributed by atoms with Crippen LogP contribution in [0.3, 0.4) is 0 Å². The number of halogens is 2. The minimum Gasteiger partial charge on any atom is -0.497 e. The fraction of sp³-hybridized carbons (Fsp3) is 0.211. The molecule has 0 N–H and O–H groups in total. The van der Waals surface area contributed by atoms with Crippen molar-refractivity contribution >= 4 is 46.4 Å². The molecule has 9 heteroatoms. The van der Waals surface area contributed by atoms with Gasteiger partial charge in [0, 0.05) is 16.7 Å². The lowest BCUT2D eigenvalue weighted by atomic mass is 9.93. The van der Waals surface area contributed by atoms with Gasteiger partial charge in [-0.2, -0.15) is 0 Å². The zero-order valence-electron chi connectivity index (χ0n) is 14.8. The van der Waals surface area contributed by atoms with Crippen LogP contribution in [0.25, 0.3) is 0 Å². The average Bonchev–Trinajstić information content (AvgIpc) is 3.23. The van der Waals surface area contributed by atoms with Gasteiger partial charge in [-0.05, 0) is 30.3 Å². The number of anilines is 1. The molecule has 0 spiro atoms. The molecule has 0 bridgehead atoms. The molecule has 144 valence electrons. The largest absolute Gasteiger partial charge is 0.497 e. The van der Waals surface area contributed by atoms with Crippen molar-refractivity contribution in [1.82, 2.24) is 0 Å². The molecule has 2 aromatic carbocycles. The minimum absolute atomic E-state index is 0.211. The molecular formula is C19H14Cl2N2O5. The van der Waals surface area contributed by atoms with Crippen molar-refractivity contribution in [2.75, 3.05) is 19.1 Å². The molecule has 2 heterocycles. The van der Waals surface area contributed by atoms with Crippen LogP contribution in [0.1, 0.15) is 5.56 Å². The van der Waals surface area contributed by atoms with E-state index in [1.54, 1.807) is 24.3 Å². The average molecular weight is 421 g/mol. The number of fused-ring (bicyclic) bond motifs is 1. The molecule has 2 amide bonds. The lowest BCUT2D eigenvalue weighted by Crippen LogP contribution is -2.33. The van der Waals surface area contributed by atoms with Gasteiger partial charge in [-0.3, -0.25) is 9.59 Å². The molecular weight excluding hydrogens is 407 g/mol. The monoisotopic (exact) mass is 420 g/mol. The molecule has 28 heavy (non-hydrogen) atoms. The Morgan fingerprint density at radius 3 is 2.54 bits per heavy atom. The highest BCUT2D eigenvalue weighted by atomic mass is 35.5. The van der Waals surface area contributed by atoms with Crippen LogP contribution in [0.5, 0.6) is 11.5 Å². The highest BCUT2D eigenvalue weighted by Gasteiger charge is 2.56. The summed E-state index contributed by atoms with van der Waals surface area (Å²) in [5.41, 5.74) is 1.06. The summed E-state index contributed by atoms with van der Waals surface area (Å²) in [6.07, 6.45) is -1.07. The molecule has 0 aromatic heterocycles. The van der Waals surface area contributed by atoms with E-state index in [4.69, 9.17) is 37.5 Å². The van der Waals surface area contributed by atoms with Crippen LogP contribution in [-0.4, -0.2) is 37.8 Å². The number of methoxy groups -OCH3 is 2. The molecule has 7 nitrogen and oxygen atoms in total. The number of oxime groups is 1. The number of hydrogen-bond donors (Lipinski definition) is 0. The summed E-state index contributed by atoms with van der Waals surface area (Å²) in [5.74, 6) is -0.928. The zero-order valence-corrected chi connectivity index (χ0v) is 16.3. The van der Waals surface area contributed by atoms with E-state index in [0.717, 1.165) is 4.90 Å². The number of carbonyl (C=O) groups excluding carboxylic acids is 2. The Kier molecular flexibility index (Phi) is 4.64. The Morgan fingerprint density at radius 2 is 1.82 bits per heavy atom. The first-order valence-electron chi connectivity index (χ1n) is 8.25. The lowest BCUT2D eigenvalue weighted by Gasteiger charge is -2.17. The van der Waals surface area contributed by atoms with E-state index < -0.39 is 23.8 Å². The van der Waals surface area contributed by atoms with Gasteiger partial charge in [0.1, 0.15) is 23.1 Å². The molecule has 4 rings (SSSR count). The lowest BCUT2D eigenvalue weighted by molar-refractivity contribution is -0.126. The van der Waals surface area contributed by atoms with Gasteiger partial charge >= 0.3 is 0 Å². The molecule has 2 aromatic rings. The zero-order chi connectivity index (χ0) is 20.0. The van der Waals surface area contributed by atoms with Gasteiger partial charge in [-0.15, -0.1) is 0 Å². The second-order valence-corrected chi connectivity index (χ2v) is 7.00. The van der Waals surface area contributed by atoms with Gasteiger partial charge in [0.15, 0.2) is 0 Å². The normalized spacial score (nSPS) is 20.7. The van der Waals surface area contributed by atoms with E-state index in [0.29, 0.717) is 27.8 Å². The summed E-state index contributed by atoms with van der Waals surface area (Å²) in [7, 11) is 3.03. The summed E-state index contributed by atoms with van der Waals surface area (Å²) in [6.45, 7) is 0. The molecule has 0 radical (unpaired) electrons. The maximum atomic E-state index is 13.1. The Balaban J connectivity index is 1.74. The third kappa shape index (κ3) is 2.78. The number of hydrogen-bond acceptors (Lipinski definition) is 6. The Hall–Kier alpha value is -2.77. The van der Waals surface area contributed by atoms with Crippen LogP contribution in [0.4, 0.5) is 5.69 Å². The summed E-state index contributed by atoms with van der Waals surface area (Å²) >= 11 is 12.2. The van der Waals surface area contributed by atoms with E-state index in [-0.39, 0.29) is 10.7 Å². The van der Waals surface area contributed by atoms with Crippen molar-refractivity contribution in [2.45, 2.75) is 6.10 Å². The van der Waals surface area contributed by atoms with E-state index in [2.05, 4.69) is 5.16 Å². The van der Waals surface area contributed by atoms with Crippen LogP contribution in [-0.2, 0) is 14.4 Å². The quantitative estimate of drug-likeness (QED) is 0.709. The highest BCUT2D eigenvalue weighted by Crippen LogP contribution is 2.40. The van der Waals surface area contributed by atoms with E-state index >= 15 is 0 Å². The molecule has 1 fully saturated rings. The Morgan fingerprint density at radius 1 is 1.04 bits per heavy atom. The molecule has 0 unspecified atom stereocenters. The molecule has 0 saturated carbocycles. The standard InChI is InChI=1S/C19H14Cl2N2O5/c1-26-10-4-5-11(14(8-10)27-2)16-15-17(28-22-16)19(25)23(18(15)24)13-7-9(20)3-6-12(13)21/h3-8,15,17H,1-2H3/t15-,17+/m0/s1. The van der Waals surface area contributed by atoms with E-state index in [1.807, 2.05) is 0 Å². The van der Waals surface area contributed by atoms with E-state index in [9.17, 15) is 9.59 Å². The molecule has 1 saturated heterocycles. The van der Waals surface area contributed by atoms with Crippen molar-refractivity contribution in [3.8, 4) is 11.5 Å². The van der Waals surface area contributed by atoms with E-state index in [1.165, 1.54) is 26.4 Å². The number of imide groups is 1. The maximum absolute atomic E-state index is 13.1. The van der Waals surface area contributed by atoms with Crippen molar-refractivity contribution < 1.29 is 23.9 Å². The number of ether oxygens (including phenoxy) is 2. The number of amides is 2. The first-order chi connectivity index (χ1) is 13.5. The van der Waals surface area contributed by atoms with Gasteiger partial charge in [-0.1, -0.05) is 28.4 Å². The van der Waals surface area contributed by atoms with Crippen LogP contribution in [0.2, 0.25) is 10.0 Å². The topological polar surface area (TPSA) is 77.4 Å². The number of benzene rings is 2. The smallest absolute Gasteiger partial charge is 0.279 e. The van der Waals surface area contributed by atoms with Crippen molar-refractivity contribution in [1.29, 1.82) is 0 Å². The second-order valence-electron chi connectivity index (χ2n) is 6.15. The Bertz CT molecular complexity index is 1020. The molecule has 0 aliphatic carbocycles. The third-order valence-electron chi connectivity index (χ3n) is 4.65. The summed E-state index contributed by atoms with van der Waals surface area (Å²) in [6, 6.07) is 9.64. The van der Waals surface area contributed by atoms with Crippen LogP contribution in [0.15, 0.2) is 41.6 Å². The maximum Gasteiger partial charge on any atom is 0.279 e. The van der Waals surface area contributed by atoms with Crippen LogP contribution < -0.4 is 14.4 Å². The fourth-order valence-electron chi connectivity index (χ4n) is 3.31. The number of nitrogens with zero attached hydrogens (tertiary/aromatic N) is 2. The fourth-order valence-corrected chi connectivity index (χ4v) is 3.67. The van der Waals surface area contributed by atoms with Gasteiger partial charge in [0.05, 0.1) is 24.9 Å². The predicted octanol–water partition coefficient (Wildman–Crippen LogP) is 3.30. The number of rotatable bonds is 4. The Labute approximate surface area is 170 Å². The van der Waals surface area contributed by atoms with Crippen LogP contribution in [0, 0.1) is 5.92 Å². The molecule has 2 atom stereocenters. The third-order valence-corrected chi connectivity index (χ3v) is 5.20. The molecule has 2 aliphatic rings. The first kappa shape index (κ1) is 18.6. The van der Waals surface area contributed by atoms with Gasteiger partial charge in [0.2, 0.25) is 12.0 Å². The van der Waals surface area contributed by atoms with Crippen molar-refractivity contribution in [2.24, 2.45) is 11.1 Å². The second kappa shape index (κ2) is 7.00. The summed E-state index contributed by atoms with van der Waals surface area (Å²) in [4.78, 5) is 32.3. The minimum atomic E-state index is -1.07. The predicted molar refractivity (Wildman–Crippen MR) is 103 cm³/mol. The number of carbonyl (C=O) groups is 2. The highest BCUT2D eigenvalue weighted by molar-refractivity contribution is 6.39. The first-order valence-corrected chi connectivity index (χ1v) is 9.01. The van der Waals surface area contributed by atoms with Crippen LogP contribution >= 0.6 is 23.2 Å². The van der Waals surface area contributed by atoms with Gasteiger partial charge in [0.25, 0.3) is 5.91 Å². The summed E-state index contributed by atoms with van der Waals surface area (Å²) in [5, 5.41) is 4.57. The van der Waals surface area contributed by atoms with Crippen molar-refractivity contribution in [3.63, 3.8) is 0 Å². The van der Waals surface area contributed by atoms with Crippen molar-refractivity contribution in [3.05, 3.63) is 52.0 Å². The van der Waals surface area contributed by atoms with Gasteiger partial charge in [-0.25, -0.2) is 4.90 Å². The SMILES string of the molecule is COc1ccc(C2=NO[C@H]3C(=O)N(c4cc(Cl)ccc4Cl)C(=O)[C@@H]23)c(OC)c1. The van der Waals surface area contributed by atoms with Gasteiger partial charge < -0.3 is 14.3 Å². The molecule has 2 aliphatic heterocycles.